The van der Waals surface area contributed by atoms with Gasteiger partial charge in [0.05, 0.1) is 10.4 Å². The zero-order valence-corrected chi connectivity index (χ0v) is 11.5. The monoisotopic (exact) mass is 289 g/mol. The van der Waals surface area contributed by atoms with Crippen LogP contribution in [0.5, 0.6) is 0 Å². The van der Waals surface area contributed by atoms with Crippen LogP contribution in [-0.4, -0.2) is 15.1 Å². The van der Waals surface area contributed by atoms with Gasteiger partial charge in [-0.25, -0.2) is 0 Å². The van der Waals surface area contributed by atoms with E-state index in [4.69, 9.17) is 0 Å². The average molecular weight is 289 g/mol. The first-order chi connectivity index (χ1) is 10.7. The minimum Gasteiger partial charge on any atom is -0.277 e. The zero-order valence-electron chi connectivity index (χ0n) is 11.5. The Labute approximate surface area is 125 Å². The second-order valence-corrected chi connectivity index (χ2v) is 5.12. The fourth-order valence-electron chi connectivity index (χ4n) is 2.67. The van der Waals surface area contributed by atoms with E-state index in [1.807, 2.05) is 42.5 Å². The molecule has 5 heteroatoms. The number of nitrogens with zero attached hydrogens (tertiary/aromatic N) is 2. The molecule has 0 saturated heterocycles. The zero-order chi connectivity index (χ0) is 15.1. The van der Waals surface area contributed by atoms with E-state index in [-0.39, 0.29) is 5.69 Å². The molecular formula is C17H11N3O2. The summed E-state index contributed by atoms with van der Waals surface area (Å²) in [6, 6.07) is 18.8. The van der Waals surface area contributed by atoms with Crippen molar-refractivity contribution in [3.05, 3.63) is 70.8 Å². The molecule has 0 saturated carbocycles. The molecule has 0 radical (unpaired) electrons. The lowest BCUT2D eigenvalue weighted by Gasteiger charge is -2.02. The molecule has 0 spiro atoms. The molecule has 4 rings (SSSR count). The first-order valence-electron chi connectivity index (χ1n) is 6.84. The fraction of sp³-hybridized carbons (Fsp3) is 0. The molecule has 106 valence electrons. The van der Waals surface area contributed by atoms with Gasteiger partial charge in [0.2, 0.25) is 0 Å². The number of fused-ring (bicyclic) bond motifs is 2. The lowest BCUT2D eigenvalue weighted by atomic mass is 10.0. The van der Waals surface area contributed by atoms with E-state index in [9.17, 15) is 10.1 Å². The summed E-state index contributed by atoms with van der Waals surface area (Å²) in [7, 11) is 0. The molecule has 3 aromatic carbocycles. The maximum absolute atomic E-state index is 11.0. The third-order valence-corrected chi connectivity index (χ3v) is 3.78. The van der Waals surface area contributed by atoms with Crippen LogP contribution in [0.25, 0.3) is 32.9 Å². The van der Waals surface area contributed by atoms with Gasteiger partial charge in [0.25, 0.3) is 5.69 Å². The molecule has 1 N–H and O–H groups in total. The van der Waals surface area contributed by atoms with Gasteiger partial charge in [-0.3, -0.25) is 15.2 Å². The lowest BCUT2D eigenvalue weighted by molar-refractivity contribution is -0.384. The third-order valence-electron chi connectivity index (χ3n) is 3.78. The van der Waals surface area contributed by atoms with Gasteiger partial charge in [-0.1, -0.05) is 36.4 Å². The predicted octanol–water partition coefficient (Wildman–Crippen LogP) is 4.29. The number of nitro benzene ring substituents is 1. The Hall–Kier alpha value is -3.21. The summed E-state index contributed by atoms with van der Waals surface area (Å²) >= 11 is 0. The number of rotatable bonds is 2. The van der Waals surface area contributed by atoms with E-state index < -0.39 is 4.92 Å². The standard InChI is InChI=1S/C17H11N3O2/c21-20(22)14-7-8-16-15(10-14)17(19-18-16)13-6-5-11-3-1-2-4-12(11)9-13/h1-10H,(H,18,19). The van der Waals surface area contributed by atoms with E-state index in [2.05, 4.69) is 10.2 Å². The highest BCUT2D eigenvalue weighted by Crippen LogP contribution is 2.30. The van der Waals surface area contributed by atoms with Crippen LogP contribution in [-0.2, 0) is 0 Å². The summed E-state index contributed by atoms with van der Waals surface area (Å²) in [6.07, 6.45) is 0. The summed E-state index contributed by atoms with van der Waals surface area (Å²) < 4.78 is 0. The molecule has 4 aromatic rings. The maximum Gasteiger partial charge on any atom is 0.270 e. The Bertz CT molecular complexity index is 1020. The van der Waals surface area contributed by atoms with Crippen molar-refractivity contribution in [2.24, 2.45) is 0 Å². The predicted molar refractivity (Wildman–Crippen MR) is 85.7 cm³/mol. The topological polar surface area (TPSA) is 71.8 Å². The minimum absolute atomic E-state index is 0.0657. The molecule has 0 aliphatic carbocycles. The second-order valence-electron chi connectivity index (χ2n) is 5.12. The molecule has 0 aliphatic rings. The Balaban J connectivity index is 1.95. The largest absolute Gasteiger partial charge is 0.277 e. The van der Waals surface area contributed by atoms with Crippen LogP contribution in [0.4, 0.5) is 5.69 Å². The van der Waals surface area contributed by atoms with Crippen LogP contribution in [0.2, 0.25) is 0 Å². The summed E-state index contributed by atoms with van der Waals surface area (Å²) in [5.74, 6) is 0. The highest BCUT2D eigenvalue weighted by atomic mass is 16.6. The van der Waals surface area contributed by atoms with Crippen molar-refractivity contribution in [3.8, 4) is 11.3 Å². The van der Waals surface area contributed by atoms with Gasteiger partial charge in [0, 0.05) is 23.1 Å². The summed E-state index contributed by atoms with van der Waals surface area (Å²) in [5.41, 5.74) is 2.51. The third kappa shape index (κ3) is 1.91. The number of hydrogen-bond acceptors (Lipinski definition) is 3. The molecule has 0 bridgehead atoms. The fourth-order valence-corrected chi connectivity index (χ4v) is 2.67. The van der Waals surface area contributed by atoms with Crippen molar-refractivity contribution >= 4 is 27.4 Å². The Morgan fingerprint density at radius 2 is 1.77 bits per heavy atom. The van der Waals surface area contributed by atoms with Gasteiger partial charge >= 0.3 is 0 Å². The van der Waals surface area contributed by atoms with Crippen molar-refractivity contribution in [2.75, 3.05) is 0 Å². The summed E-state index contributed by atoms with van der Waals surface area (Å²) in [4.78, 5) is 10.6. The van der Waals surface area contributed by atoms with Gasteiger partial charge in [0.1, 0.15) is 5.69 Å². The highest BCUT2D eigenvalue weighted by Gasteiger charge is 2.13. The van der Waals surface area contributed by atoms with Crippen LogP contribution in [0.15, 0.2) is 60.7 Å². The van der Waals surface area contributed by atoms with Gasteiger partial charge in [-0.15, -0.1) is 0 Å². The summed E-state index contributed by atoms with van der Waals surface area (Å²) in [6.45, 7) is 0. The first-order valence-corrected chi connectivity index (χ1v) is 6.84. The smallest absolute Gasteiger partial charge is 0.270 e. The van der Waals surface area contributed by atoms with Crippen LogP contribution in [0.1, 0.15) is 0 Å². The molecule has 0 aliphatic heterocycles. The molecule has 0 atom stereocenters. The number of aromatic amines is 1. The minimum atomic E-state index is -0.392. The van der Waals surface area contributed by atoms with Crippen molar-refractivity contribution < 1.29 is 4.92 Å². The van der Waals surface area contributed by atoms with E-state index in [0.717, 1.165) is 32.9 Å². The van der Waals surface area contributed by atoms with E-state index in [1.54, 1.807) is 12.1 Å². The molecule has 0 unspecified atom stereocenters. The SMILES string of the molecule is O=[N+]([O-])c1ccc2[nH]nc(-c3ccc4ccccc4c3)c2c1. The van der Waals surface area contributed by atoms with Gasteiger partial charge in [0.15, 0.2) is 0 Å². The normalized spacial score (nSPS) is 11.1. The second kappa shape index (κ2) is 4.66. The van der Waals surface area contributed by atoms with E-state index in [1.165, 1.54) is 6.07 Å². The molecule has 0 fully saturated rings. The molecular weight excluding hydrogens is 278 g/mol. The quantitative estimate of drug-likeness (QED) is 0.442. The summed E-state index contributed by atoms with van der Waals surface area (Å²) in [5, 5.41) is 21.2. The molecule has 5 nitrogen and oxygen atoms in total. The van der Waals surface area contributed by atoms with Crippen molar-refractivity contribution in [1.82, 2.24) is 10.2 Å². The van der Waals surface area contributed by atoms with E-state index >= 15 is 0 Å². The number of nitrogens with one attached hydrogen (secondary N) is 1. The van der Waals surface area contributed by atoms with Gasteiger partial charge in [-0.05, 0) is 22.9 Å². The Morgan fingerprint density at radius 3 is 2.59 bits per heavy atom. The van der Waals surface area contributed by atoms with Gasteiger partial charge in [-0.2, -0.15) is 5.10 Å². The van der Waals surface area contributed by atoms with Crippen molar-refractivity contribution in [1.29, 1.82) is 0 Å². The van der Waals surface area contributed by atoms with Crippen molar-refractivity contribution in [3.63, 3.8) is 0 Å². The van der Waals surface area contributed by atoms with Crippen molar-refractivity contribution in [2.45, 2.75) is 0 Å². The Morgan fingerprint density at radius 1 is 0.955 bits per heavy atom. The van der Waals surface area contributed by atoms with Crippen LogP contribution in [0, 0.1) is 10.1 Å². The average Bonchev–Trinajstić information content (AvgIpc) is 2.97. The number of H-pyrrole nitrogens is 1. The van der Waals surface area contributed by atoms with Crippen LogP contribution < -0.4 is 0 Å². The maximum atomic E-state index is 11.0. The molecule has 1 aromatic heterocycles. The number of hydrogen-bond donors (Lipinski definition) is 1. The first kappa shape index (κ1) is 12.5. The lowest BCUT2D eigenvalue weighted by Crippen LogP contribution is -1.87. The number of benzene rings is 3. The highest BCUT2D eigenvalue weighted by molar-refractivity contribution is 5.97. The van der Waals surface area contributed by atoms with Crippen LogP contribution in [0.3, 0.4) is 0 Å². The van der Waals surface area contributed by atoms with Crippen LogP contribution >= 0.6 is 0 Å². The van der Waals surface area contributed by atoms with Gasteiger partial charge < -0.3 is 0 Å². The number of non-ortho nitro benzene ring substituents is 1. The Kier molecular flexibility index (Phi) is 2.66. The molecule has 0 amide bonds. The molecule has 22 heavy (non-hydrogen) atoms. The van der Waals surface area contributed by atoms with E-state index in [0.29, 0.717) is 0 Å². The number of nitro groups is 1. The molecule has 1 heterocycles. The number of aromatic nitrogens is 2.